The maximum Gasteiger partial charge on any atom is 0.258 e. The highest BCUT2D eigenvalue weighted by molar-refractivity contribution is 6.06. The molecule has 0 spiro atoms. The number of likely N-dealkylation sites (tertiary alicyclic amines) is 1. The van der Waals surface area contributed by atoms with E-state index in [1.165, 1.54) is 12.1 Å². The van der Waals surface area contributed by atoms with E-state index in [1.54, 1.807) is 24.1 Å². The Morgan fingerprint density at radius 3 is 2.19 bits per heavy atom. The summed E-state index contributed by atoms with van der Waals surface area (Å²) in [6.07, 6.45) is 1.49. The van der Waals surface area contributed by atoms with Crippen LogP contribution in [0, 0.1) is 11.7 Å². The van der Waals surface area contributed by atoms with E-state index in [-0.39, 0.29) is 23.4 Å². The van der Waals surface area contributed by atoms with Crippen molar-refractivity contribution < 1.29 is 18.7 Å². The first-order valence-electron chi connectivity index (χ1n) is 12.6. The first-order valence-corrected chi connectivity index (χ1v) is 12.6. The maximum absolute atomic E-state index is 13.6. The van der Waals surface area contributed by atoms with E-state index in [2.05, 4.69) is 4.90 Å². The lowest BCUT2D eigenvalue weighted by Crippen LogP contribution is -2.42. The molecule has 0 saturated carbocycles. The third-order valence-corrected chi connectivity index (χ3v) is 6.97. The molecule has 0 N–H and O–H groups in total. The Morgan fingerprint density at radius 1 is 0.919 bits per heavy atom. The molecule has 1 aliphatic rings. The minimum atomic E-state index is -0.338. The van der Waals surface area contributed by atoms with Crippen LogP contribution in [0.2, 0.25) is 0 Å². The lowest BCUT2D eigenvalue weighted by molar-refractivity contribution is 0.0841. The summed E-state index contributed by atoms with van der Waals surface area (Å²) in [7, 11) is 5.55. The molecule has 37 heavy (non-hydrogen) atoms. The van der Waals surface area contributed by atoms with Crippen LogP contribution in [0.15, 0.2) is 72.8 Å². The van der Waals surface area contributed by atoms with Gasteiger partial charge in [0.25, 0.3) is 5.91 Å². The number of benzene rings is 3. The van der Waals surface area contributed by atoms with E-state index in [9.17, 15) is 14.0 Å². The van der Waals surface area contributed by atoms with Crippen LogP contribution in [-0.2, 0) is 0 Å². The molecule has 6 nitrogen and oxygen atoms in total. The average Bonchev–Trinajstić information content (AvgIpc) is 2.93. The van der Waals surface area contributed by atoms with Gasteiger partial charge in [-0.1, -0.05) is 6.07 Å². The summed E-state index contributed by atoms with van der Waals surface area (Å²) >= 11 is 0. The quantitative estimate of drug-likeness (QED) is 0.379. The summed E-state index contributed by atoms with van der Waals surface area (Å²) in [4.78, 5) is 32.5. The number of anilines is 2. The lowest BCUT2D eigenvalue weighted by atomic mass is 9.89. The molecule has 0 radical (unpaired) electrons. The minimum Gasteiger partial charge on any atom is -0.497 e. The second-order valence-electron chi connectivity index (χ2n) is 9.59. The van der Waals surface area contributed by atoms with Crippen molar-refractivity contribution in [3.05, 3.63) is 89.7 Å². The molecule has 0 bridgehead atoms. The van der Waals surface area contributed by atoms with E-state index >= 15 is 0 Å². The van der Waals surface area contributed by atoms with E-state index in [4.69, 9.17) is 4.74 Å². The molecule has 0 atom stereocenters. The van der Waals surface area contributed by atoms with Gasteiger partial charge >= 0.3 is 0 Å². The highest BCUT2D eigenvalue weighted by Crippen LogP contribution is 2.25. The fourth-order valence-corrected chi connectivity index (χ4v) is 4.69. The van der Waals surface area contributed by atoms with Crippen molar-refractivity contribution in [2.45, 2.75) is 12.8 Å². The van der Waals surface area contributed by atoms with Gasteiger partial charge in [-0.3, -0.25) is 9.59 Å². The van der Waals surface area contributed by atoms with Crippen molar-refractivity contribution in [3.63, 3.8) is 0 Å². The SMILES string of the molecule is COc1cccc(N(CCN2CCC(C(=O)c3ccc(F)cc3)CC2)C(=O)c2ccc(N(C)C)cc2)c1. The zero-order valence-electron chi connectivity index (χ0n) is 21.7. The monoisotopic (exact) mass is 503 g/mol. The van der Waals surface area contributed by atoms with Crippen molar-refractivity contribution >= 4 is 23.1 Å². The predicted molar refractivity (Wildman–Crippen MR) is 145 cm³/mol. The number of ketones is 1. The largest absolute Gasteiger partial charge is 0.497 e. The van der Waals surface area contributed by atoms with E-state index in [1.807, 2.05) is 67.5 Å². The molecule has 0 aliphatic carbocycles. The van der Waals surface area contributed by atoms with E-state index in [0.29, 0.717) is 30.0 Å². The number of carbonyl (C=O) groups is 2. The molecule has 1 saturated heterocycles. The molecule has 4 rings (SSSR count). The van der Waals surface area contributed by atoms with Crippen LogP contribution >= 0.6 is 0 Å². The molecule has 194 valence electrons. The summed E-state index contributed by atoms with van der Waals surface area (Å²) in [6, 6.07) is 20.9. The minimum absolute atomic E-state index is 0.0620. The molecule has 0 unspecified atom stereocenters. The number of hydrogen-bond donors (Lipinski definition) is 0. The van der Waals surface area contributed by atoms with Crippen LogP contribution in [0.4, 0.5) is 15.8 Å². The fraction of sp³-hybridized carbons (Fsp3) is 0.333. The molecule has 1 heterocycles. The molecule has 0 aromatic heterocycles. The highest BCUT2D eigenvalue weighted by atomic mass is 19.1. The molecule has 3 aromatic rings. The molecule has 7 heteroatoms. The zero-order chi connectivity index (χ0) is 26.4. The number of rotatable bonds is 9. The highest BCUT2D eigenvalue weighted by Gasteiger charge is 2.27. The van der Waals surface area contributed by atoms with Crippen LogP contribution in [0.3, 0.4) is 0 Å². The van der Waals surface area contributed by atoms with Crippen LogP contribution < -0.4 is 14.5 Å². The summed E-state index contributed by atoms with van der Waals surface area (Å²) in [6.45, 7) is 2.75. The Labute approximate surface area is 218 Å². The van der Waals surface area contributed by atoms with Crippen molar-refractivity contribution in [2.24, 2.45) is 5.92 Å². The number of halogens is 1. The van der Waals surface area contributed by atoms with Crippen LogP contribution in [0.1, 0.15) is 33.6 Å². The van der Waals surface area contributed by atoms with Gasteiger partial charge in [-0.2, -0.15) is 0 Å². The van der Waals surface area contributed by atoms with Gasteiger partial charge in [-0.05, 0) is 86.6 Å². The standard InChI is InChI=1S/C30H34FN3O3/c1-32(2)26-13-9-24(10-14-26)30(36)34(27-5-4-6-28(21-27)37-3)20-19-33-17-15-23(16-18-33)29(35)22-7-11-25(31)12-8-22/h4-14,21,23H,15-20H2,1-3H3. The number of methoxy groups -OCH3 is 1. The van der Waals surface area contributed by atoms with Gasteiger partial charge in [-0.15, -0.1) is 0 Å². The number of amides is 1. The number of Topliss-reactive ketones (excluding diaryl/α,β-unsaturated/α-hetero) is 1. The second kappa shape index (κ2) is 12.0. The third kappa shape index (κ3) is 6.54. The number of hydrogen-bond acceptors (Lipinski definition) is 5. The van der Waals surface area contributed by atoms with Gasteiger partial charge in [0.1, 0.15) is 11.6 Å². The summed E-state index contributed by atoms with van der Waals surface area (Å²) in [5, 5.41) is 0. The molecular weight excluding hydrogens is 469 g/mol. The summed E-state index contributed by atoms with van der Waals surface area (Å²) in [5.74, 6) is 0.301. The Bertz CT molecular complexity index is 1200. The summed E-state index contributed by atoms with van der Waals surface area (Å²) in [5.41, 5.74) is 3.00. The molecule has 3 aromatic carbocycles. The van der Waals surface area contributed by atoms with Crippen molar-refractivity contribution in [1.82, 2.24) is 4.90 Å². The first kappa shape index (κ1) is 26.4. The van der Waals surface area contributed by atoms with Crippen LogP contribution in [-0.4, -0.2) is 64.0 Å². The third-order valence-electron chi connectivity index (χ3n) is 6.97. The Morgan fingerprint density at radius 2 is 1.57 bits per heavy atom. The Balaban J connectivity index is 1.42. The van der Waals surface area contributed by atoms with E-state index in [0.717, 1.165) is 37.3 Å². The van der Waals surface area contributed by atoms with Crippen LogP contribution in [0.5, 0.6) is 5.75 Å². The van der Waals surface area contributed by atoms with Gasteiger partial charge in [0.15, 0.2) is 5.78 Å². The Hall–Kier alpha value is -3.71. The average molecular weight is 504 g/mol. The van der Waals surface area contributed by atoms with Crippen molar-refractivity contribution in [2.75, 3.05) is 57.2 Å². The van der Waals surface area contributed by atoms with Gasteiger partial charge in [0.2, 0.25) is 0 Å². The number of nitrogens with zero attached hydrogens (tertiary/aromatic N) is 3. The second-order valence-corrected chi connectivity index (χ2v) is 9.59. The molecule has 1 aliphatic heterocycles. The van der Waals surface area contributed by atoms with Crippen LogP contribution in [0.25, 0.3) is 0 Å². The number of carbonyl (C=O) groups excluding carboxylic acids is 2. The smallest absolute Gasteiger partial charge is 0.258 e. The van der Waals surface area contributed by atoms with Crippen molar-refractivity contribution in [1.29, 1.82) is 0 Å². The Kier molecular flexibility index (Phi) is 8.56. The zero-order valence-corrected chi connectivity index (χ0v) is 21.7. The first-order chi connectivity index (χ1) is 17.9. The van der Waals surface area contributed by atoms with Gasteiger partial charge < -0.3 is 19.4 Å². The fourth-order valence-electron chi connectivity index (χ4n) is 4.69. The molecule has 1 amide bonds. The van der Waals surface area contributed by atoms with Gasteiger partial charge in [0.05, 0.1) is 7.11 Å². The summed E-state index contributed by atoms with van der Waals surface area (Å²) < 4.78 is 18.6. The molecule has 1 fully saturated rings. The normalized spacial score (nSPS) is 14.3. The van der Waals surface area contributed by atoms with Gasteiger partial charge in [-0.25, -0.2) is 4.39 Å². The molecular formula is C30H34FN3O3. The van der Waals surface area contributed by atoms with E-state index < -0.39 is 0 Å². The van der Waals surface area contributed by atoms with Gasteiger partial charge in [0, 0.05) is 61.7 Å². The number of piperidine rings is 1. The number of ether oxygens (including phenoxy) is 1. The topological polar surface area (TPSA) is 53.1 Å². The maximum atomic E-state index is 13.6. The predicted octanol–water partition coefficient (Wildman–Crippen LogP) is 5.14. The van der Waals surface area contributed by atoms with Crippen molar-refractivity contribution in [3.8, 4) is 5.75 Å². The lowest BCUT2D eigenvalue weighted by Gasteiger charge is -2.33.